The molecule has 0 aliphatic rings. The number of pyridine rings is 1. The van der Waals surface area contributed by atoms with Crippen LogP contribution in [0.1, 0.15) is 11.3 Å². The number of benzene rings is 2. The van der Waals surface area contributed by atoms with Crippen molar-refractivity contribution in [2.24, 2.45) is 10.1 Å². The zero-order chi connectivity index (χ0) is 19.1. The molecule has 3 aromatic rings. The lowest BCUT2D eigenvalue weighted by Gasteiger charge is -2.03. The van der Waals surface area contributed by atoms with Gasteiger partial charge in [0.1, 0.15) is 5.75 Å². The van der Waals surface area contributed by atoms with Gasteiger partial charge < -0.3 is 5.11 Å². The summed E-state index contributed by atoms with van der Waals surface area (Å²) in [5.74, 6) is 0.335. The monoisotopic (exact) mass is 362 g/mol. The number of aromatic nitrogens is 1. The molecule has 0 aliphatic carbocycles. The maximum absolute atomic E-state index is 10.9. The van der Waals surface area contributed by atoms with Gasteiger partial charge >= 0.3 is 0 Å². The van der Waals surface area contributed by atoms with E-state index in [0.717, 1.165) is 5.69 Å². The Morgan fingerprint density at radius 3 is 2.59 bits per heavy atom. The highest BCUT2D eigenvalue weighted by Crippen LogP contribution is 2.21. The van der Waals surface area contributed by atoms with E-state index < -0.39 is 4.92 Å². The predicted octanol–water partition coefficient (Wildman–Crippen LogP) is 2.82. The highest BCUT2D eigenvalue weighted by molar-refractivity contribution is 5.98. The van der Waals surface area contributed by atoms with E-state index in [1.807, 2.05) is 48.5 Å². The fourth-order valence-corrected chi connectivity index (χ4v) is 2.24. The van der Waals surface area contributed by atoms with Gasteiger partial charge in [-0.05, 0) is 24.3 Å². The molecular formula is C19H16N5O3+. The summed E-state index contributed by atoms with van der Waals surface area (Å²) in [7, 11) is 0. The lowest BCUT2D eigenvalue weighted by atomic mass is 10.2. The second-order valence-corrected chi connectivity index (χ2v) is 5.44. The largest absolute Gasteiger partial charge is 0.507 e. The van der Waals surface area contributed by atoms with Gasteiger partial charge in [-0.3, -0.25) is 15.5 Å². The molecule has 0 unspecified atom stereocenters. The van der Waals surface area contributed by atoms with Crippen molar-refractivity contribution in [2.45, 2.75) is 0 Å². The number of amidine groups is 1. The number of nitro benzene ring substituents is 1. The molecule has 0 atom stereocenters. The molecule has 27 heavy (non-hydrogen) atoms. The van der Waals surface area contributed by atoms with Gasteiger partial charge in [0.2, 0.25) is 11.5 Å². The number of nitro groups is 1. The number of nitrogens with one attached hydrogen (secondary N) is 2. The van der Waals surface area contributed by atoms with Crippen LogP contribution in [0.15, 0.2) is 83.0 Å². The van der Waals surface area contributed by atoms with Crippen LogP contribution in [-0.4, -0.2) is 22.1 Å². The quantitative estimate of drug-likeness (QED) is 0.314. The van der Waals surface area contributed by atoms with E-state index in [1.165, 1.54) is 24.4 Å². The van der Waals surface area contributed by atoms with Gasteiger partial charge in [0, 0.05) is 29.8 Å². The van der Waals surface area contributed by atoms with E-state index in [4.69, 9.17) is 0 Å². The van der Waals surface area contributed by atoms with Crippen LogP contribution in [0.5, 0.6) is 5.75 Å². The van der Waals surface area contributed by atoms with Crippen LogP contribution >= 0.6 is 0 Å². The number of nitrogens with zero attached hydrogens (tertiary/aromatic N) is 3. The first-order chi connectivity index (χ1) is 13.1. The van der Waals surface area contributed by atoms with E-state index >= 15 is 0 Å². The molecule has 134 valence electrons. The van der Waals surface area contributed by atoms with Crippen LogP contribution in [0.3, 0.4) is 0 Å². The number of H-pyrrole nitrogens is 1. The van der Waals surface area contributed by atoms with Crippen molar-refractivity contribution < 1.29 is 15.0 Å². The number of rotatable bonds is 5. The summed E-state index contributed by atoms with van der Waals surface area (Å²) in [6.07, 6.45) is 3.05. The number of hydrazone groups is 1. The number of phenolic OH excluding ortho intramolecular Hbond substituents is 1. The lowest BCUT2D eigenvalue weighted by Crippen LogP contribution is -2.26. The molecule has 0 amide bonds. The van der Waals surface area contributed by atoms with Crippen molar-refractivity contribution in [1.29, 1.82) is 0 Å². The highest BCUT2D eigenvalue weighted by atomic mass is 16.6. The van der Waals surface area contributed by atoms with Gasteiger partial charge in [-0.15, -0.1) is 0 Å². The normalized spacial score (nSPS) is 11.5. The molecule has 8 heteroatoms. The fourth-order valence-electron chi connectivity index (χ4n) is 2.24. The molecule has 1 aromatic heterocycles. The number of non-ortho nitro benzene ring substituents is 1. The second-order valence-electron chi connectivity index (χ2n) is 5.44. The SMILES string of the molecule is O=[N+]([O-])c1ccc(O)c(C=NNC(=Nc2ccccc2)c2cccc[nH+]2)c1. The summed E-state index contributed by atoms with van der Waals surface area (Å²) >= 11 is 0. The van der Waals surface area contributed by atoms with Crippen LogP contribution in [-0.2, 0) is 0 Å². The number of aromatic amines is 1. The molecular weight excluding hydrogens is 346 g/mol. The van der Waals surface area contributed by atoms with Gasteiger partial charge in [0.25, 0.3) is 5.69 Å². The Bertz CT molecular complexity index is 989. The minimum Gasteiger partial charge on any atom is -0.507 e. The van der Waals surface area contributed by atoms with Crippen molar-refractivity contribution in [3.05, 3.63) is 94.3 Å². The zero-order valence-corrected chi connectivity index (χ0v) is 14.1. The minimum absolute atomic E-state index is 0.112. The van der Waals surface area contributed by atoms with E-state index in [0.29, 0.717) is 11.5 Å². The topological polar surface area (TPSA) is 114 Å². The molecule has 3 N–H and O–H groups in total. The zero-order valence-electron chi connectivity index (χ0n) is 14.1. The molecule has 0 aliphatic heterocycles. The number of phenols is 1. The molecule has 0 saturated heterocycles. The van der Waals surface area contributed by atoms with Gasteiger partial charge in [0.05, 0.1) is 16.8 Å². The van der Waals surface area contributed by atoms with Gasteiger partial charge in [-0.1, -0.05) is 18.2 Å². The lowest BCUT2D eigenvalue weighted by molar-refractivity contribution is -0.384. The van der Waals surface area contributed by atoms with Gasteiger partial charge in [-0.25, -0.2) is 9.98 Å². The summed E-state index contributed by atoms with van der Waals surface area (Å²) in [6.45, 7) is 0. The van der Waals surface area contributed by atoms with E-state index in [9.17, 15) is 15.2 Å². The molecule has 2 aromatic carbocycles. The molecule has 0 fully saturated rings. The van der Waals surface area contributed by atoms with E-state index in [1.54, 1.807) is 6.20 Å². The molecule has 0 spiro atoms. The van der Waals surface area contributed by atoms with Gasteiger partial charge in [-0.2, -0.15) is 5.10 Å². The fraction of sp³-hybridized carbons (Fsp3) is 0. The summed E-state index contributed by atoms with van der Waals surface area (Å²) in [5.41, 5.74) is 4.32. The van der Waals surface area contributed by atoms with Crippen LogP contribution in [0.4, 0.5) is 11.4 Å². The van der Waals surface area contributed by atoms with Gasteiger partial charge in [0.15, 0.2) is 6.20 Å². The number of hydrogen-bond acceptors (Lipinski definition) is 5. The highest BCUT2D eigenvalue weighted by Gasteiger charge is 2.11. The van der Waals surface area contributed by atoms with E-state index in [-0.39, 0.29) is 17.0 Å². The van der Waals surface area contributed by atoms with Crippen molar-refractivity contribution >= 4 is 23.4 Å². The van der Waals surface area contributed by atoms with Crippen molar-refractivity contribution in [2.75, 3.05) is 0 Å². The third kappa shape index (κ3) is 4.73. The Morgan fingerprint density at radius 1 is 1.11 bits per heavy atom. The number of hydrogen-bond donors (Lipinski definition) is 2. The third-order valence-corrected chi connectivity index (χ3v) is 3.56. The Balaban J connectivity index is 1.88. The summed E-state index contributed by atoms with van der Waals surface area (Å²) in [4.78, 5) is 17.9. The molecule has 8 nitrogen and oxygen atoms in total. The van der Waals surface area contributed by atoms with Crippen molar-refractivity contribution in [3.63, 3.8) is 0 Å². The first-order valence-corrected chi connectivity index (χ1v) is 8.01. The molecule has 3 rings (SSSR count). The Labute approximate surface area is 154 Å². The van der Waals surface area contributed by atoms with Crippen LogP contribution in [0, 0.1) is 10.1 Å². The first-order valence-electron chi connectivity index (χ1n) is 8.01. The maximum atomic E-state index is 10.9. The van der Waals surface area contributed by atoms with Crippen molar-refractivity contribution in [1.82, 2.24) is 5.43 Å². The Hall–Kier alpha value is -4.07. The van der Waals surface area contributed by atoms with E-state index in [2.05, 4.69) is 20.5 Å². The van der Waals surface area contributed by atoms with Crippen LogP contribution in [0.25, 0.3) is 0 Å². The van der Waals surface area contributed by atoms with Crippen molar-refractivity contribution in [3.8, 4) is 5.75 Å². The summed E-state index contributed by atoms with van der Waals surface area (Å²) in [6, 6.07) is 18.6. The third-order valence-electron chi connectivity index (χ3n) is 3.56. The second kappa shape index (κ2) is 8.34. The maximum Gasteiger partial charge on any atom is 0.270 e. The minimum atomic E-state index is -0.536. The smallest absolute Gasteiger partial charge is 0.270 e. The predicted molar refractivity (Wildman–Crippen MR) is 101 cm³/mol. The summed E-state index contributed by atoms with van der Waals surface area (Å²) < 4.78 is 0. The average Bonchev–Trinajstić information content (AvgIpc) is 2.70. The van der Waals surface area contributed by atoms with Crippen LogP contribution in [0.2, 0.25) is 0 Å². The molecule has 0 radical (unpaired) electrons. The number of aromatic hydroxyl groups is 1. The average molecular weight is 362 g/mol. The number of para-hydroxylation sites is 1. The number of aliphatic imine (C=N–C) groups is 1. The Kier molecular flexibility index (Phi) is 5.48. The molecule has 1 heterocycles. The molecule has 0 saturated carbocycles. The molecule has 0 bridgehead atoms. The summed E-state index contributed by atoms with van der Waals surface area (Å²) in [5, 5.41) is 24.8. The van der Waals surface area contributed by atoms with Crippen LogP contribution < -0.4 is 10.4 Å². The standard InChI is InChI=1S/C19H15N5O3/c25-18-10-9-16(24(26)27)12-14(18)13-21-23-19(17-8-4-5-11-20-17)22-15-6-2-1-3-7-15/h1-13,25H,(H,22,23)/p+1. The Morgan fingerprint density at radius 2 is 1.89 bits per heavy atom. The first kappa shape index (κ1) is 17.7.